The fourth-order valence-electron chi connectivity index (χ4n) is 1.18. The van der Waals surface area contributed by atoms with E-state index in [0.29, 0.717) is 0 Å². The molecular weight excluding hydrogens is 136 g/mol. The van der Waals surface area contributed by atoms with Crippen molar-refractivity contribution in [1.82, 2.24) is 0 Å². The Kier molecular flexibility index (Phi) is 7.59. The molecule has 0 aliphatic carbocycles. The Morgan fingerprint density at radius 2 is 1.91 bits per heavy atom. The summed E-state index contributed by atoms with van der Waals surface area (Å²) in [6.07, 6.45) is 7.97. The minimum atomic E-state index is 0.207. The van der Waals surface area contributed by atoms with Gasteiger partial charge in [-0.15, -0.1) is 0 Å². The van der Waals surface area contributed by atoms with E-state index in [9.17, 15) is 0 Å². The van der Waals surface area contributed by atoms with Crippen molar-refractivity contribution in [3.05, 3.63) is 11.6 Å². The minimum absolute atomic E-state index is 0.207. The average Bonchev–Trinajstić information content (AvgIpc) is 2.01. The third-order valence-electron chi connectivity index (χ3n) is 1.80. The second-order valence-corrected chi connectivity index (χ2v) is 2.90. The first kappa shape index (κ1) is 10.7. The summed E-state index contributed by atoms with van der Waals surface area (Å²) in [4.78, 5) is 0. The Bertz CT molecular complexity index is 105. The van der Waals surface area contributed by atoms with E-state index in [1.165, 1.54) is 31.3 Å². The highest BCUT2D eigenvalue weighted by molar-refractivity contribution is 5.01. The molecule has 0 aromatic heterocycles. The maximum absolute atomic E-state index is 8.69. The van der Waals surface area contributed by atoms with E-state index < -0.39 is 0 Å². The number of hydrogen-bond donors (Lipinski definition) is 1. The van der Waals surface area contributed by atoms with Crippen LogP contribution in [0.4, 0.5) is 0 Å². The molecule has 0 radical (unpaired) electrons. The van der Waals surface area contributed by atoms with Crippen molar-refractivity contribution in [2.24, 2.45) is 0 Å². The summed E-state index contributed by atoms with van der Waals surface area (Å²) in [6.45, 7) is 4.58. The van der Waals surface area contributed by atoms with E-state index in [0.717, 1.165) is 6.42 Å². The van der Waals surface area contributed by atoms with Gasteiger partial charge in [0.25, 0.3) is 0 Å². The second kappa shape index (κ2) is 7.80. The van der Waals surface area contributed by atoms with Crippen molar-refractivity contribution in [2.75, 3.05) is 6.61 Å². The molecule has 1 nitrogen and oxygen atoms in total. The third-order valence-corrected chi connectivity index (χ3v) is 1.80. The van der Waals surface area contributed by atoms with Crippen LogP contribution >= 0.6 is 0 Å². The van der Waals surface area contributed by atoms with Gasteiger partial charge in [-0.2, -0.15) is 0 Å². The van der Waals surface area contributed by atoms with Gasteiger partial charge in [-0.25, -0.2) is 0 Å². The number of hydrogen-bond acceptors (Lipinski definition) is 1. The number of aliphatic hydroxyl groups is 1. The zero-order valence-corrected chi connectivity index (χ0v) is 7.77. The van der Waals surface area contributed by atoms with Crippen LogP contribution in [-0.4, -0.2) is 11.7 Å². The highest BCUT2D eigenvalue weighted by Gasteiger charge is 1.94. The fourth-order valence-corrected chi connectivity index (χ4v) is 1.18. The lowest BCUT2D eigenvalue weighted by atomic mass is 10.0. The molecule has 0 aliphatic heterocycles. The van der Waals surface area contributed by atoms with Gasteiger partial charge >= 0.3 is 0 Å². The second-order valence-electron chi connectivity index (χ2n) is 2.90. The molecule has 0 aliphatic rings. The van der Waals surface area contributed by atoms with Gasteiger partial charge in [0, 0.05) is 0 Å². The van der Waals surface area contributed by atoms with Crippen LogP contribution in [-0.2, 0) is 0 Å². The summed E-state index contributed by atoms with van der Waals surface area (Å²) >= 11 is 0. The molecule has 11 heavy (non-hydrogen) atoms. The van der Waals surface area contributed by atoms with Gasteiger partial charge in [-0.3, -0.25) is 0 Å². The summed E-state index contributed by atoms with van der Waals surface area (Å²) in [7, 11) is 0. The Morgan fingerprint density at radius 1 is 1.18 bits per heavy atom. The largest absolute Gasteiger partial charge is 0.392 e. The zero-order valence-electron chi connectivity index (χ0n) is 7.77. The number of rotatable bonds is 6. The van der Waals surface area contributed by atoms with Crippen LogP contribution in [0.5, 0.6) is 0 Å². The monoisotopic (exact) mass is 156 g/mol. The van der Waals surface area contributed by atoms with Gasteiger partial charge in [-0.05, 0) is 19.3 Å². The summed E-state index contributed by atoms with van der Waals surface area (Å²) in [5.74, 6) is 0. The summed E-state index contributed by atoms with van der Waals surface area (Å²) < 4.78 is 0. The van der Waals surface area contributed by atoms with Crippen LogP contribution in [0.25, 0.3) is 0 Å². The Morgan fingerprint density at radius 3 is 2.36 bits per heavy atom. The van der Waals surface area contributed by atoms with E-state index in [-0.39, 0.29) is 6.61 Å². The maximum Gasteiger partial charge on any atom is 0.0615 e. The molecule has 0 amide bonds. The molecule has 0 atom stereocenters. The molecule has 0 saturated heterocycles. The smallest absolute Gasteiger partial charge is 0.0615 e. The van der Waals surface area contributed by atoms with Crippen molar-refractivity contribution in [3.63, 3.8) is 0 Å². The number of allylic oxidation sites excluding steroid dienone is 1. The Labute approximate surface area is 70.1 Å². The molecule has 1 N–H and O–H groups in total. The van der Waals surface area contributed by atoms with Crippen molar-refractivity contribution in [2.45, 2.75) is 46.0 Å². The molecule has 66 valence electrons. The molecule has 0 aromatic carbocycles. The van der Waals surface area contributed by atoms with E-state index in [1.54, 1.807) is 0 Å². The fraction of sp³-hybridized carbons (Fsp3) is 0.800. The molecule has 0 spiro atoms. The van der Waals surface area contributed by atoms with Crippen molar-refractivity contribution >= 4 is 0 Å². The highest BCUT2D eigenvalue weighted by Crippen LogP contribution is 2.12. The molecule has 0 fully saturated rings. The molecule has 0 unspecified atom stereocenters. The van der Waals surface area contributed by atoms with E-state index >= 15 is 0 Å². The minimum Gasteiger partial charge on any atom is -0.392 e. The SMILES string of the molecule is CCCC/C(=C/CO)CCC. The Balaban J connectivity index is 3.60. The molecule has 1 heteroatoms. The van der Waals surface area contributed by atoms with Crippen molar-refractivity contribution in [3.8, 4) is 0 Å². The molecule has 0 aromatic rings. The lowest BCUT2D eigenvalue weighted by molar-refractivity contribution is 0.341. The quantitative estimate of drug-likeness (QED) is 0.586. The van der Waals surface area contributed by atoms with Crippen molar-refractivity contribution < 1.29 is 5.11 Å². The summed E-state index contributed by atoms with van der Waals surface area (Å²) in [6, 6.07) is 0. The predicted octanol–water partition coefficient (Wildman–Crippen LogP) is 2.90. The van der Waals surface area contributed by atoms with Gasteiger partial charge in [-0.1, -0.05) is 38.3 Å². The number of unbranched alkanes of at least 4 members (excludes halogenated alkanes) is 1. The van der Waals surface area contributed by atoms with Gasteiger partial charge in [0.1, 0.15) is 0 Å². The van der Waals surface area contributed by atoms with Gasteiger partial charge in [0.15, 0.2) is 0 Å². The van der Waals surface area contributed by atoms with Gasteiger partial charge in [0.05, 0.1) is 6.61 Å². The van der Waals surface area contributed by atoms with Crippen LogP contribution in [0.1, 0.15) is 46.0 Å². The first-order valence-corrected chi connectivity index (χ1v) is 4.63. The van der Waals surface area contributed by atoms with E-state index in [1.807, 2.05) is 6.08 Å². The lowest BCUT2D eigenvalue weighted by Crippen LogP contribution is -1.86. The normalized spacial score (nSPS) is 12.1. The highest BCUT2D eigenvalue weighted by atomic mass is 16.2. The number of aliphatic hydroxyl groups excluding tert-OH is 1. The van der Waals surface area contributed by atoms with E-state index in [2.05, 4.69) is 13.8 Å². The van der Waals surface area contributed by atoms with Crippen molar-refractivity contribution in [1.29, 1.82) is 0 Å². The predicted molar refractivity (Wildman–Crippen MR) is 49.6 cm³/mol. The molecule has 0 saturated carbocycles. The first-order chi connectivity index (χ1) is 5.35. The lowest BCUT2D eigenvalue weighted by Gasteiger charge is -2.03. The van der Waals surface area contributed by atoms with Crippen LogP contribution in [0, 0.1) is 0 Å². The topological polar surface area (TPSA) is 20.2 Å². The first-order valence-electron chi connectivity index (χ1n) is 4.63. The molecule has 0 bridgehead atoms. The Hall–Kier alpha value is -0.300. The van der Waals surface area contributed by atoms with Crippen LogP contribution in [0.15, 0.2) is 11.6 Å². The van der Waals surface area contributed by atoms with E-state index in [4.69, 9.17) is 5.11 Å². The molecular formula is C10H20O. The molecule has 0 rings (SSSR count). The van der Waals surface area contributed by atoms with Crippen LogP contribution < -0.4 is 0 Å². The summed E-state index contributed by atoms with van der Waals surface area (Å²) in [5, 5.41) is 8.69. The third kappa shape index (κ3) is 6.11. The van der Waals surface area contributed by atoms with Crippen LogP contribution in [0.3, 0.4) is 0 Å². The molecule has 0 heterocycles. The maximum atomic E-state index is 8.69. The average molecular weight is 156 g/mol. The zero-order chi connectivity index (χ0) is 8.53. The standard InChI is InChI=1S/C10H20O/c1-3-5-7-10(6-4-2)8-9-11/h8,11H,3-7,9H2,1-2H3/b10-8+. The van der Waals surface area contributed by atoms with Crippen LogP contribution in [0.2, 0.25) is 0 Å². The summed E-state index contributed by atoms with van der Waals surface area (Å²) in [5.41, 5.74) is 1.43. The van der Waals surface area contributed by atoms with Gasteiger partial charge < -0.3 is 5.11 Å². The van der Waals surface area contributed by atoms with Gasteiger partial charge in [0.2, 0.25) is 0 Å².